The third kappa shape index (κ3) is 2.62. The molecule has 2 heterocycles. The van der Waals surface area contributed by atoms with E-state index in [1.165, 1.54) is 17.9 Å². The summed E-state index contributed by atoms with van der Waals surface area (Å²) >= 11 is 5.61. The molecule has 0 bridgehead atoms. The lowest BCUT2D eigenvalue weighted by molar-refractivity contribution is -0.141. The van der Waals surface area contributed by atoms with Crippen LogP contribution >= 0.6 is 11.6 Å². The molecule has 0 atom stereocenters. The highest BCUT2D eigenvalue weighted by atomic mass is 35.5. The van der Waals surface area contributed by atoms with Crippen molar-refractivity contribution in [1.82, 2.24) is 19.6 Å². The first-order valence-electron chi connectivity index (χ1n) is 5.70. The topological polar surface area (TPSA) is 88.5 Å². The molecule has 1 N–H and O–H groups in total. The largest absolute Gasteiger partial charge is 0.436 e. The summed E-state index contributed by atoms with van der Waals surface area (Å²) in [7, 11) is 2.62. The summed E-state index contributed by atoms with van der Waals surface area (Å²) in [5.41, 5.74) is -1.77. The van der Waals surface area contributed by atoms with E-state index in [0.717, 1.165) is 11.7 Å². The number of rotatable bonds is 2. The third-order valence-electron chi connectivity index (χ3n) is 2.76. The Morgan fingerprint density at radius 1 is 1.41 bits per heavy atom. The average molecular weight is 333 g/mol. The van der Waals surface area contributed by atoms with Gasteiger partial charge in [0.25, 0.3) is 5.91 Å². The van der Waals surface area contributed by atoms with Gasteiger partial charge < -0.3 is 5.32 Å². The molecule has 0 saturated heterocycles. The van der Waals surface area contributed by atoms with Crippen molar-refractivity contribution in [3.05, 3.63) is 28.2 Å². The van der Waals surface area contributed by atoms with E-state index >= 15 is 0 Å². The van der Waals surface area contributed by atoms with Crippen LogP contribution in [0.2, 0.25) is 5.02 Å². The molecule has 0 radical (unpaired) electrons. The predicted octanol–water partition coefficient (Wildman–Crippen LogP) is 1.95. The van der Waals surface area contributed by atoms with Crippen molar-refractivity contribution in [3.63, 3.8) is 0 Å². The molecule has 0 aliphatic carbocycles. The van der Waals surface area contributed by atoms with E-state index in [4.69, 9.17) is 16.9 Å². The zero-order chi connectivity index (χ0) is 16.7. The Hall–Kier alpha value is -2.54. The van der Waals surface area contributed by atoms with Gasteiger partial charge in [-0.2, -0.15) is 28.6 Å². The van der Waals surface area contributed by atoms with Crippen LogP contribution in [0.4, 0.5) is 19.0 Å². The van der Waals surface area contributed by atoms with E-state index in [9.17, 15) is 18.0 Å². The van der Waals surface area contributed by atoms with E-state index in [0.29, 0.717) is 0 Å². The first kappa shape index (κ1) is 15.8. The van der Waals surface area contributed by atoms with Crippen LogP contribution in [0.25, 0.3) is 0 Å². The molecule has 0 fully saturated rings. The number of hydrogen-bond acceptors (Lipinski definition) is 4. The molecule has 0 saturated carbocycles. The standard InChI is InChI=1S/C11H8ClF3N6O/c1-20-7(6(12)8(19-20)11(13,14)15)10(22)18-9-5(3-16)4-17-21(9)2/h4H,1-2H3,(H,18,22). The van der Waals surface area contributed by atoms with E-state index < -0.39 is 28.5 Å². The van der Waals surface area contributed by atoms with Crippen LogP contribution in [-0.2, 0) is 20.3 Å². The molecule has 0 aromatic carbocycles. The molecule has 0 aliphatic heterocycles. The zero-order valence-corrected chi connectivity index (χ0v) is 12.0. The number of hydrogen-bond donors (Lipinski definition) is 1. The van der Waals surface area contributed by atoms with Crippen molar-refractivity contribution in [1.29, 1.82) is 5.26 Å². The SMILES string of the molecule is Cn1ncc(C#N)c1NC(=O)c1c(Cl)c(C(F)(F)F)nn1C. The van der Waals surface area contributed by atoms with Gasteiger partial charge in [0, 0.05) is 14.1 Å². The van der Waals surface area contributed by atoms with Gasteiger partial charge in [0.1, 0.15) is 28.2 Å². The summed E-state index contributed by atoms with van der Waals surface area (Å²) in [5.74, 6) is -0.895. The van der Waals surface area contributed by atoms with Crippen LogP contribution in [0.5, 0.6) is 0 Å². The van der Waals surface area contributed by atoms with E-state index in [1.807, 2.05) is 0 Å². The van der Waals surface area contributed by atoms with Gasteiger partial charge in [-0.3, -0.25) is 14.2 Å². The maximum atomic E-state index is 12.7. The van der Waals surface area contributed by atoms with Crippen molar-refractivity contribution in [2.24, 2.45) is 14.1 Å². The molecule has 2 rings (SSSR count). The minimum atomic E-state index is -4.78. The van der Waals surface area contributed by atoms with Gasteiger partial charge in [-0.25, -0.2) is 0 Å². The number of alkyl halides is 3. The molecule has 0 spiro atoms. The number of carbonyl (C=O) groups excluding carboxylic acids is 1. The molecule has 2 aromatic rings. The number of nitrogens with one attached hydrogen (secondary N) is 1. The minimum Gasteiger partial charge on any atom is -0.304 e. The summed E-state index contributed by atoms with van der Waals surface area (Å²) in [6.07, 6.45) is -3.57. The average Bonchev–Trinajstić information content (AvgIpc) is 2.90. The lowest BCUT2D eigenvalue weighted by atomic mass is 10.3. The normalized spacial score (nSPS) is 11.3. The van der Waals surface area contributed by atoms with Crippen LogP contribution in [0.1, 0.15) is 21.7 Å². The molecular weight excluding hydrogens is 325 g/mol. The Morgan fingerprint density at radius 2 is 2.05 bits per heavy atom. The van der Waals surface area contributed by atoms with Crippen molar-refractivity contribution >= 4 is 23.3 Å². The van der Waals surface area contributed by atoms with Gasteiger partial charge in [0.05, 0.1) is 6.20 Å². The van der Waals surface area contributed by atoms with Crippen LogP contribution in [0, 0.1) is 11.3 Å². The van der Waals surface area contributed by atoms with Gasteiger partial charge in [0.15, 0.2) is 5.69 Å². The number of anilines is 1. The highest BCUT2D eigenvalue weighted by Crippen LogP contribution is 2.35. The van der Waals surface area contributed by atoms with Gasteiger partial charge >= 0.3 is 6.18 Å². The second kappa shape index (κ2) is 5.34. The molecule has 0 aliphatic rings. The maximum absolute atomic E-state index is 12.7. The fourth-order valence-electron chi connectivity index (χ4n) is 1.76. The van der Waals surface area contributed by atoms with E-state index in [2.05, 4.69) is 15.5 Å². The number of aromatic nitrogens is 4. The summed E-state index contributed by atoms with van der Waals surface area (Å²) in [6.45, 7) is 0. The monoisotopic (exact) mass is 332 g/mol. The quantitative estimate of drug-likeness (QED) is 0.910. The Kier molecular flexibility index (Phi) is 3.85. The number of nitriles is 1. The smallest absolute Gasteiger partial charge is 0.304 e. The lowest BCUT2D eigenvalue weighted by Crippen LogP contribution is -2.19. The van der Waals surface area contributed by atoms with Crippen molar-refractivity contribution in [3.8, 4) is 6.07 Å². The van der Waals surface area contributed by atoms with E-state index in [-0.39, 0.29) is 11.4 Å². The Morgan fingerprint density at radius 3 is 2.55 bits per heavy atom. The fraction of sp³-hybridized carbons (Fsp3) is 0.273. The summed E-state index contributed by atoms with van der Waals surface area (Å²) in [6, 6.07) is 1.80. The summed E-state index contributed by atoms with van der Waals surface area (Å²) < 4.78 is 40.1. The molecule has 7 nitrogen and oxygen atoms in total. The van der Waals surface area contributed by atoms with Gasteiger partial charge in [-0.15, -0.1) is 0 Å². The van der Waals surface area contributed by atoms with Gasteiger partial charge in [-0.1, -0.05) is 11.6 Å². The molecular formula is C11H8ClF3N6O. The second-order valence-corrected chi connectivity index (χ2v) is 4.61. The summed E-state index contributed by atoms with van der Waals surface area (Å²) in [5, 5.41) is 17.4. The Balaban J connectivity index is 2.41. The number of carbonyl (C=O) groups is 1. The molecule has 11 heteroatoms. The number of nitrogens with zero attached hydrogens (tertiary/aromatic N) is 5. The van der Waals surface area contributed by atoms with Crippen LogP contribution in [0.3, 0.4) is 0 Å². The first-order chi connectivity index (χ1) is 10.2. The third-order valence-corrected chi connectivity index (χ3v) is 3.12. The molecule has 1 amide bonds. The molecule has 22 heavy (non-hydrogen) atoms. The van der Waals surface area contributed by atoms with Crippen molar-refractivity contribution < 1.29 is 18.0 Å². The predicted molar refractivity (Wildman–Crippen MR) is 69.1 cm³/mol. The highest BCUT2D eigenvalue weighted by Gasteiger charge is 2.39. The molecule has 2 aromatic heterocycles. The van der Waals surface area contributed by atoms with Crippen molar-refractivity contribution in [2.45, 2.75) is 6.18 Å². The zero-order valence-electron chi connectivity index (χ0n) is 11.2. The highest BCUT2D eigenvalue weighted by molar-refractivity contribution is 6.34. The van der Waals surface area contributed by atoms with Crippen LogP contribution in [-0.4, -0.2) is 25.5 Å². The van der Waals surface area contributed by atoms with Gasteiger partial charge in [-0.05, 0) is 0 Å². The minimum absolute atomic E-state index is 0.0401. The number of aryl methyl sites for hydroxylation is 2. The summed E-state index contributed by atoms with van der Waals surface area (Å²) in [4.78, 5) is 12.1. The fourth-order valence-corrected chi connectivity index (χ4v) is 2.11. The van der Waals surface area contributed by atoms with Gasteiger partial charge in [0.2, 0.25) is 0 Å². The Labute approximate surface area is 126 Å². The van der Waals surface area contributed by atoms with Crippen molar-refractivity contribution in [2.75, 3.05) is 5.32 Å². The lowest BCUT2D eigenvalue weighted by Gasteiger charge is -2.06. The molecule has 116 valence electrons. The van der Waals surface area contributed by atoms with Crippen LogP contribution < -0.4 is 5.32 Å². The van der Waals surface area contributed by atoms with E-state index in [1.54, 1.807) is 6.07 Å². The maximum Gasteiger partial charge on any atom is 0.436 e. The second-order valence-electron chi connectivity index (χ2n) is 4.23. The first-order valence-corrected chi connectivity index (χ1v) is 6.07. The van der Waals surface area contributed by atoms with Crippen LogP contribution in [0.15, 0.2) is 6.20 Å². The Bertz CT molecular complexity index is 785. The molecule has 0 unspecified atom stereocenters. The number of amides is 1. The number of halogens is 4.